The number of anilines is 1. The second-order valence-corrected chi connectivity index (χ2v) is 10.9. The monoisotopic (exact) mass is 473 g/mol. The van der Waals surface area contributed by atoms with Gasteiger partial charge in [-0.15, -0.1) is 0 Å². The maximum absolute atomic E-state index is 13.7. The lowest BCUT2D eigenvalue weighted by atomic mass is 9.85. The van der Waals surface area contributed by atoms with E-state index in [1.165, 1.54) is 12.8 Å². The largest absolute Gasteiger partial charge is 0.334 e. The topological polar surface area (TPSA) is 75.4 Å². The van der Waals surface area contributed by atoms with Gasteiger partial charge in [0.2, 0.25) is 11.8 Å². The fourth-order valence-electron chi connectivity index (χ4n) is 6.04. The number of rotatable bonds is 6. The van der Waals surface area contributed by atoms with Crippen LogP contribution in [0.2, 0.25) is 5.02 Å². The molecule has 5 nitrogen and oxygen atoms in total. The molecule has 3 aliphatic carbocycles. The molecule has 3 saturated carbocycles. The molecule has 3 N–H and O–H groups in total. The minimum atomic E-state index is 0.0132. The molecule has 0 radical (unpaired) electrons. The molecule has 0 saturated heterocycles. The van der Waals surface area contributed by atoms with E-state index in [1.54, 1.807) is 0 Å². The SMILES string of the molecule is NC1CCCCC1N(Cc1cc(NC(=O)C2CCCCC2)ccc1Cl)C(=O)C1CCCCC1. The van der Waals surface area contributed by atoms with Crippen molar-refractivity contribution < 1.29 is 9.59 Å². The van der Waals surface area contributed by atoms with E-state index in [0.29, 0.717) is 11.6 Å². The molecule has 0 spiro atoms. The van der Waals surface area contributed by atoms with Crippen molar-refractivity contribution >= 4 is 29.1 Å². The molecule has 0 bridgehead atoms. The minimum absolute atomic E-state index is 0.0132. The van der Waals surface area contributed by atoms with Crippen molar-refractivity contribution in [3.63, 3.8) is 0 Å². The summed E-state index contributed by atoms with van der Waals surface area (Å²) >= 11 is 6.61. The number of hydrogen-bond donors (Lipinski definition) is 2. The quantitative estimate of drug-likeness (QED) is 0.529. The second-order valence-electron chi connectivity index (χ2n) is 10.4. The van der Waals surface area contributed by atoms with Crippen LogP contribution in [-0.2, 0) is 16.1 Å². The van der Waals surface area contributed by atoms with Crippen LogP contribution in [0.25, 0.3) is 0 Å². The average Bonchev–Trinajstić information content (AvgIpc) is 2.85. The normalized spacial score (nSPS) is 24.9. The Morgan fingerprint density at radius 1 is 0.879 bits per heavy atom. The molecule has 2 unspecified atom stereocenters. The molecule has 1 aromatic carbocycles. The molecular weight excluding hydrogens is 434 g/mol. The Hall–Kier alpha value is -1.59. The van der Waals surface area contributed by atoms with E-state index < -0.39 is 0 Å². The van der Waals surface area contributed by atoms with E-state index in [1.807, 2.05) is 23.1 Å². The average molecular weight is 474 g/mol. The number of carbonyl (C=O) groups is 2. The van der Waals surface area contributed by atoms with Gasteiger partial charge >= 0.3 is 0 Å². The lowest BCUT2D eigenvalue weighted by Gasteiger charge is -2.41. The second kappa shape index (κ2) is 11.7. The van der Waals surface area contributed by atoms with Crippen LogP contribution in [-0.4, -0.2) is 28.8 Å². The van der Waals surface area contributed by atoms with Gasteiger partial charge in [0.15, 0.2) is 0 Å². The van der Waals surface area contributed by atoms with Gasteiger partial charge in [-0.1, -0.05) is 63.0 Å². The maximum Gasteiger partial charge on any atom is 0.227 e. The summed E-state index contributed by atoms with van der Waals surface area (Å²) in [7, 11) is 0. The first-order chi connectivity index (χ1) is 16.0. The van der Waals surface area contributed by atoms with Gasteiger partial charge in [-0.05, 0) is 62.3 Å². The molecule has 0 heterocycles. The molecule has 3 aliphatic rings. The van der Waals surface area contributed by atoms with Crippen molar-refractivity contribution in [2.75, 3.05) is 5.32 Å². The van der Waals surface area contributed by atoms with E-state index in [0.717, 1.165) is 88.3 Å². The number of nitrogens with two attached hydrogens (primary N) is 1. The van der Waals surface area contributed by atoms with Crippen molar-refractivity contribution in [2.45, 2.75) is 109 Å². The molecule has 0 aliphatic heterocycles. The molecule has 3 fully saturated rings. The fourth-order valence-corrected chi connectivity index (χ4v) is 6.21. The predicted molar refractivity (Wildman–Crippen MR) is 134 cm³/mol. The number of nitrogens with one attached hydrogen (secondary N) is 1. The van der Waals surface area contributed by atoms with Gasteiger partial charge in [0, 0.05) is 41.2 Å². The van der Waals surface area contributed by atoms with Crippen LogP contribution in [0.1, 0.15) is 95.5 Å². The molecule has 2 amide bonds. The van der Waals surface area contributed by atoms with Crippen molar-refractivity contribution in [3.05, 3.63) is 28.8 Å². The van der Waals surface area contributed by atoms with E-state index in [9.17, 15) is 9.59 Å². The van der Waals surface area contributed by atoms with Crippen LogP contribution in [0.4, 0.5) is 5.69 Å². The number of carbonyl (C=O) groups excluding carboxylic acids is 2. The summed E-state index contributed by atoms with van der Waals surface area (Å²) in [5.74, 6) is 0.542. The van der Waals surface area contributed by atoms with Crippen LogP contribution in [0.3, 0.4) is 0 Å². The standard InChI is InChI=1S/C27H40ClN3O2/c28-23-16-15-22(30-26(32)19-9-3-1-4-10-19)17-21(23)18-31(25-14-8-7-13-24(25)29)27(33)20-11-5-2-6-12-20/h15-17,19-20,24-25H,1-14,18,29H2,(H,30,32). The Bertz CT molecular complexity index is 818. The van der Waals surface area contributed by atoms with Crippen molar-refractivity contribution in [1.29, 1.82) is 0 Å². The first kappa shape index (κ1) is 24.5. The van der Waals surface area contributed by atoms with Gasteiger partial charge in [0.1, 0.15) is 0 Å². The molecule has 1 aromatic rings. The zero-order chi connectivity index (χ0) is 23.2. The van der Waals surface area contributed by atoms with Crippen LogP contribution in [0.5, 0.6) is 0 Å². The Morgan fingerprint density at radius 2 is 1.48 bits per heavy atom. The number of amides is 2. The maximum atomic E-state index is 13.7. The van der Waals surface area contributed by atoms with E-state index >= 15 is 0 Å². The van der Waals surface area contributed by atoms with Crippen LogP contribution in [0, 0.1) is 11.8 Å². The first-order valence-electron chi connectivity index (χ1n) is 13.2. The lowest BCUT2D eigenvalue weighted by molar-refractivity contribution is -0.141. The highest BCUT2D eigenvalue weighted by Gasteiger charge is 2.35. The summed E-state index contributed by atoms with van der Waals surface area (Å²) < 4.78 is 0. The highest BCUT2D eigenvalue weighted by molar-refractivity contribution is 6.31. The minimum Gasteiger partial charge on any atom is -0.334 e. The van der Waals surface area contributed by atoms with Crippen molar-refractivity contribution in [3.8, 4) is 0 Å². The molecule has 33 heavy (non-hydrogen) atoms. The third-order valence-electron chi connectivity index (χ3n) is 8.05. The number of benzene rings is 1. The number of nitrogens with zero attached hydrogens (tertiary/aromatic N) is 1. The summed E-state index contributed by atoms with van der Waals surface area (Å²) in [6.45, 7) is 0.458. The smallest absolute Gasteiger partial charge is 0.227 e. The zero-order valence-electron chi connectivity index (χ0n) is 19.9. The van der Waals surface area contributed by atoms with Crippen molar-refractivity contribution in [2.24, 2.45) is 17.6 Å². The Balaban J connectivity index is 1.52. The molecule has 182 valence electrons. The first-order valence-corrected chi connectivity index (χ1v) is 13.6. The number of hydrogen-bond acceptors (Lipinski definition) is 3. The van der Waals surface area contributed by atoms with Gasteiger partial charge in [-0.2, -0.15) is 0 Å². The van der Waals surface area contributed by atoms with Crippen LogP contribution in [0.15, 0.2) is 18.2 Å². The summed E-state index contributed by atoms with van der Waals surface area (Å²) in [6.07, 6.45) is 15.0. The van der Waals surface area contributed by atoms with Gasteiger partial charge in [0.05, 0.1) is 0 Å². The van der Waals surface area contributed by atoms with Gasteiger partial charge in [-0.25, -0.2) is 0 Å². The Labute approximate surface area is 203 Å². The molecular formula is C27H40ClN3O2. The van der Waals surface area contributed by atoms with Crippen molar-refractivity contribution in [1.82, 2.24) is 4.90 Å². The van der Waals surface area contributed by atoms with E-state index in [2.05, 4.69) is 5.32 Å². The predicted octanol–water partition coefficient (Wildman–Crippen LogP) is 6.04. The third kappa shape index (κ3) is 6.30. The highest BCUT2D eigenvalue weighted by atomic mass is 35.5. The summed E-state index contributed by atoms with van der Waals surface area (Å²) in [5, 5.41) is 3.74. The van der Waals surface area contributed by atoms with E-state index in [4.69, 9.17) is 17.3 Å². The lowest BCUT2D eigenvalue weighted by Crippen LogP contribution is -2.53. The van der Waals surface area contributed by atoms with Crippen LogP contribution < -0.4 is 11.1 Å². The summed E-state index contributed by atoms with van der Waals surface area (Å²) in [4.78, 5) is 28.5. The van der Waals surface area contributed by atoms with Gasteiger partial charge in [0.25, 0.3) is 0 Å². The summed E-state index contributed by atoms with van der Waals surface area (Å²) in [6, 6.07) is 5.74. The Kier molecular flexibility index (Phi) is 8.70. The number of halogens is 1. The molecule has 4 rings (SSSR count). The fraction of sp³-hybridized carbons (Fsp3) is 0.704. The van der Waals surface area contributed by atoms with E-state index in [-0.39, 0.29) is 35.7 Å². The van der Waals surface area contributed by atoms with Crippen LogP contribution >= 0.6 is 11.6 Å². The summed E-state index contributed by atoms with van der Waals surface area (Å²) in [5.41, 5.74) is 8.19. The zero-order valence-corrected chi connectivity index (χ0v) is 20.6. The molecule has 0 aromatic heterocycles. The molecule has 6 heteroatoms. The molecule has 2 atom stereocenters. The highest BCUT2D eigenvalue weighted by Crippen LogP contribution is 2.32. The van der Waals surface area contributed by atoms with Gasteiger partial charge in [-0.3, -0.25) is 9.59 Å². The van der Waals surface area contributed by atoms with Gasteiger partial charge < -0.3 is 16.0 Å². The third-order valence-corrected chi connectivity index (χ3v) is 8.42. The Morgan fingerprint density at radius 3 is 2.15 bits per heavy atom.